The number of piperidine rings is 1. The number of hydrogen-bond acceptors (Lipinski definition) is 3. The highest BCUT2D eigenvalue weighted by Gasteiger charge is 2.28. The number of hydrogen-bond donors (Lipinski definition) is 1. The van der Waals surface area contributed by atoms with Crippen LogP contribution in [0, 0.1) is 12.8 Å². The van der Waals surface area contributed by atoms with Gasteiger partial charge in [-0.3, -0.25) is 9.59 Å². The molecular weight excluding hydrogens is 388 g/mol. The first-order valence-corrected chi connectivity index (χ1v) is 11.1. The number of carbonyl (C=O) groups is 2. The molecule has 1 aliphatic rings. The van der Waals surface area contributed by atoms with Crippen LogP contribution in [0.2, 0.25) is 0 Å². The van der Waals surface area contributed by atoms with Crippen LogP contribution in [0.5, 0.6) is 5.75 Å². The Labute approximate surface area is 185 Å². The van der Waals surface area contributed by atoms with E-state index < -0.39 is 0 Å². The molecule has 0 aliphatic carbocycles. The molecule has 2 aromatic rings. The van der Waals surface area contributed by atoms with E-state index in [4.69, 9.17) is 4.74 Å². The second-order valence-corrected chi connectivity index (χ2v) is 9.30. The Kier molecular flexibility index (Phi) is 7.37. The summed E-state index contributed by atoms with van der Waals surface area (Å²) >= 11 is 0. The summed E-state index contributed by atoms with van der Waals surface area (Å²) in [4.78, 5) is 27.1. The highest BCUT2D eigenvalue weighted by molar-refractivity contribution is 5.95. The lowest BCUT2D eigenvalue weighted by atomic mass is 9.87. The Morgan fingerprint density at radius 1 is 1.03 bits per heavy atom. The third kappa shape index (κ3) is 6.09. The molecule has 0 aromatic heterocycles. The Balaban J connectivity index is 1.38. The average Bonchev–Trinajstić information content (AvgIpc) is 2.76. The monoisotopic (exact) mass is 422 g/mol. The van der Waals surface area contributed by atoms with Crippen molar-refractivity contribution in [3.63, 3.8) is 0 Å². The van der Waals surface area contributed by atoms with Gasteiger partial charge in [0.1, 0.15) is 12.4 Å². The van der Waals surface area contributed by atoms with Crippen LogP contribution in [0.25, 0.3) is 0 Å². The van der Waals surface area contributed by atoms with Crippen molar-refractivity contribution in [1.82, 2.24) is 10.2 Å². The maximum atomic E-state index is 12.7. The predicted octanol–water partition coefficient (Wildman–Crippen LogP) is 4.34. The molecule has 0 saturated carbocycles. The number of carbonyl (C=O) groups excluding carboxylic acids is 2. The molecule has 1 saturated heterocycles. The summed E-state index contributed by atoms with van der Waals surface area (Å²) in [6.07, 6.45) is 1.39. The molecule has 0 radical (unpaired) electrons. The number of amides is 2. The standard InChI is InChI=1S/C26H34N2O3/c1-19-7-5-6-8-23(19)25(30)28-16-13-20(14-17-28)24(29)27-15-18-31-22-11-9-21(10-12-22)26(2,3)4/h5-12,20H,13-18H2,1-4H3,(H,27,29). The van der Waals surface area contributed by atoms with Crippen molar-refractivity contribution in [1.29, 1.82) is 0 Å². The number of rotatable bonds is 6. The molecule has 0 spiro atoms. The van der Waals surface area contributed by atoms with E-state index >= 15 is 0 Å². The zero-order chi connectivity index (χ0) is 22.4. The van der Waals surface area contributed by atoms with Crippen molar-refractivity contribution in [3.8, 4) is 5.75 Å². The number of ether oxygens (including phenoxy) is 1. The molecule has 1 aliphatic heterocycles. The number of aryl methyl sites for hydroxylation is 1. The van der Waals surface area contributed by atoms with Gasteiger partial charge in [-0.05, 0) is 54.5 Å². The molecule has 1 heterocycles. The van der Waals surface area contributed by atoms with E-state index in [9.17, 15) is 9.59 Å². The summed E-state index contributed by atoms with van der Waals surface area (Å²) in [6, 6.07) is 15.8. The highest BCUT2D eigenvalue weighted by atomic mass is 16.5. The molecular formula is C26H34N2O3. The molecule has 0 unspecified atom stereocenters. The Morgan fingerprint density at radius 2 is 1.68 bits per heavy atom. The van der Waals surface area contributed by atoms with Gasteiger partial charge >= 0.3 is 0 Å². The van der Waals surface area contributed by atoms with Crippen molar-refractivity contribution in [2.45, 2.75) is 46.0 Å². The van der Waals surface area contributed by atoms with Gasteiger partial charge in [0, 0.05) is 24.6 Å². The van der Waals surface area contributed by atoms with Crippen molar-refractivity contribution in [2.75, 3.05) is 26.2 Å². The van der Waals surface area contributed by atoms with Crippen LogP contribution in [0.1, 0.15) is 55.1 Å². The molecule has 0 bridgehead atoms. The quantitative estimate of drug-likeness (QED) is 0.705. The van der Waals surface area contributed by atoms with Gasteiger partial charge in [0.05, 0.1) is 6.54 Å². The highest BCUT2D eigenvalue weighted by Crippen LogP contribution is 2.24. The van der Waals surface area contributed by atoms with Gasteiger partial charge in [-0.15, -0.1) is 0 Å². The molecule has 166 valence electrons. The molecule has 5 nitrogen and oxygen atoms in total. The van der Waals surface area contributed by atoms with Crippen LogP contribution in [0.3, 0.4) is 0 Å². The first kappa shape index (κ1) is 22.9. The maximum absolute atomic E-state index is 12.7. The van der Waals surface area contributed by atoms with E-state index in [1.165, 1.54) is 5.56 Å². The van der Waals surface area contributed by atoms with Crippen LogP contribution in [-0.2, 0) is 10.2 Å². The lowest BCUT2D eigenvalue weighted by Gasteiger charge is -2.31. The Bertz CT molecular complexity index is 892. The summed E-state index contributed by atoms with van der Waals surface area (Å²) in [5.74, 6) is 0.870. The SMILES string of the molecule is Cc1ccccc1C(=O)N1CCC(C(=O)NCCOc2ccc(C(C)(C)C)cc2)CC1. The topological polar surface area (TPSA) is 58.6 Å². The zero-order valence-corrected chi connectivity index (χ0v) is 19.1. The fourth-order valence-corrected chi connectivity index (χ4v) is 3.87. The summed E-state index contributed by atoms with van der Waals surface area (Å²) < 4.78 is 5.75. The van der Waals surface area contributed by atoms with Crippen LogP contribution in [0.15, 0.2) is 48.5 Å². The Morgan fingerprint density at radius 3 is 2.29 bits per heavy atom. The zero-order valence-electron chi connectivity index (χ0n) is 19.1. The molecule has 5 heteroatoms. The second-order valence-electron chi connectivity index (χ2n) is 9.30. The molecule has 31 heavy (non-hydrogen) atoms. The smallest absolute Gasteiger partial charge is 0.254 e. The Hall–Kier alpha value is -2.82. The van der Waals surface area contributed by atoms with Crippen LogP contribution >= 0.6 is 0 Å². The minimum Gasteiger partial charge on any atom is -0.492 e. The molecule has 3 rings (SSSR count). The van der Waals surface area contributed by atoms with E-state index in [-0.39, 0.29) is 23.1 Å². The average molecular weight is 423 g/mol. The van der Waals surface area contributed by atoms with Crippen molar-refractivity contribution >= 4 is 11.8 Å². The minimum atomic E-state index is -0.0491. The maximum Gasteiger partial charge on any atom is 0.254 e. The largest absolute Gasteiger partial charge is 0.492 e. The van der Waals surface area contributed by atoms with Crippen molar-refractivity contribution < 1.29 is 14.3 Å². The fourth-order valence-electron chi connectivity index (χ4n) is 3.87. The number of nitrogens with one attached hydrogen (secondary N) is 1. The molecule has 0 atom stereocenters. The van der Waals surface area contributed by atoms with E-state index in [1.54, 1.807) is 0 Å². The third-order valence-corrected chi connectivity index (χ3v) is 5.92. The second kappa shape index (κ2) is 9.99. The molecule has 2 aromatic carbocycles. The van der Waals surface area contributed by atoms with Crippen LogP contribution in [0.4, 0.5) is 0 Å². The van der Waals surface area contributed by atoms with Crippen LogP contribution in [-0.4, -0.2) is 43.0 Å². The summed E-state index contributed by atoms with van der Waals surface area (Å²) in [6.45, 7) is 10.6. The van der Waals surface area contributed by atoms with Gasteiger partial charge in [0.2, 0.25) is 5.91 Å². The van der Waals surface area contributed by atoms with Gasteiger partial charge in [0.25, 0.3) is 5.91 Å². The van der Waals surface area contributed by atoms with E-state index in [0.29, 0.717) is 39.1 Å². The first-order valence-electron chi connectivity index (χ1n) is 11.1. The van der Waals surface area contributed by atoms with E-state index in [2.05, 4.69) is 38.2 Å². The van der Waals surface area contributed by atoms with Gasteiger partial charge in [-0.2, -0.15) is 0 Å². The van der Waals surface area contributed by atoms with Crippen molar-refractivity contribution in [2.24, 2.45) is 5.92 Å². The van der Waals surface area contributed by atoms with Gasteiger partial charge < -0.3 is 15.0 Å². The van der Waals surface area contributed by atoms with E-state index in [1.807, 2.05) is 48.2 Å². The summed E-state index contributed by atoms with van der Waals surface area (Å²) in [5.41, 5.74) is 3.12. The van der Waals surface area contributed by atoms with E-state index in [0.717, 1.165) is 16.9 Å². The predicted molar refractivity (Wildman–Crippen MR) is 123 cm³/mol. The number of benzene rings is 2. The van der Waals surface area contributed by atoms with Gasteiger partial charge in [-0.25, -0.2) is 0 Å². The third-order valence-electron chi connectivity index (χ3n) is 5.92. The lowest BCUT2D eigenvalue weighted by Crippen LogP contribution is -2.43. The molecule has 1 fully saturated rings. The fraction of sp³-hybridized carbons (Fsp3) is 0.462. The van der Waals surface area contributed by atoms with Crippen LogP contribution < -0.4 is 10.1 Å². The lowest BCUT2D eigenvalue weighted by molar-refractivity contribution is -0.126. The molecule has 1 N–H and O–H groups in total. The summed E-state index contributed by atoms with van der Waals surface area (Å²) in [5, 5.41) is 2.98. The number of nitrogens with zero attached hydrogens (tertiary/aromatic N) is 1. The number of likely N-dealkylation sites (tertiary alicyclic amines) is 1. The molecule has 2 amide bonds. The van der Waals surface area contributed by atoms with Gasteiger partial charge in [0.15, 0.2) is 0 Å². The minimum absolute atomic E-state index is 0.0491. The summed E-state index contributed by atoms with van der Waals surface area (Å²) in [7, 11) is 0. The first-order chi connectivity index (χ1) is 14.8. The van der Waals surface area contributed by atoms with Crippen molar-refractivity contribution in [3.05, 3.63) is 65.2 Å². The van der Waals surface area contributed by atoms with Gasteiger partial charge in [-0.1, -0.05) is 51.1 Å². The normalized spacial score (nSPS) is 14.9.